The van der Waals surface area contributed by atoms with Crippen LogP contribution in [0.25, 0.3) is 32.7 Å². The average Bonchev–Trinajstić information content (AvgIpc) is 2.67. The molecule has 4 aromatic carbocycles. The van der Waals surface area contributed by atoms with Crippen molar-refractivity contribution in [2.75, 3.05) is 0 Å². The Bertz CT molecular complexity index is 1200. The molecule has 0 unspecified atom stereocenters. The molecule has 0 fully saturated rings. The van der Waals surface area contributed by atoms with E-state index >= 15 is 4.39 Å². The molecule has 0 saturated carbocycles. The van der Waals surface area contributed by atoms with Gasteiger partial charge in [0.1, 0.15) is 17.7 Å². The number of fused-ring (bicyclic) bond motifs is 3. The van der Waals surface area contributed by atoms with E-state index in [4.69, 9.17) is 5.26 Å². The van der Waals surface area contributed by atoms with Crippen LogP contribution in [0, 0.1) is 23.0 Å². The lowest BCUT2D eigenvalue weighted by molar-refractivity contribution is 0.623. The molecule has 1 nitrogen and oxygen atoms in total. The maximum atomic E-state index is 15.2. The van der Waals surface area contributed by atoms with Crippen molar-refractivity contribution in [2.45, 2.75) is 13.3 Å². The first-order valence-electron chi connectivity index (χ1n) is 8.46. The lowest BCUT2D eigenvalue weighted by Crippen LogP contribution is -1.91. The molecule has 126 valence electrons. The molecule has 0 aliphatic carbocycles. The van der Waals surface area contributed by atoms with Crippen LogP contribution >= 0.6 is 0 Å². The van der Waals surface area contributed by atoms with Crippen LogP contribution in [0.2, 0.25) is 0 Å². The van der Waals surface area contributed by atoms with Gasteiger partial charge in [0.05, 0.1) is 5.56 Å². The Hall–Kier alpha value is -3.25. The van der Waals surface area contributed by atoms with Gasteiger partial charge in [-0.25, -0.2) is 8.78 Å². The number of aryl methyl sites for hydroxylation is 1. The third-order valence-electron chi connectivity index (χ3n) is 4.82. The molecule has 3 heteroatoms. The summed E-state index contributed by atoms with van der Waals surface area (Å²) in [5, 5.41) is 12.3. The quantitative estimate of drug-likeness (QED) is 0.388. The van der Waals surface area contributed by atoms with Crippen molar-refractivity contribution in [3.8, 4) is 17.2 Å². The lowest BCUT2D eigenvalue weighted by atomic mass is 9.95. The van der Waals surface area contributed by atoms with Crippen molar-refractivity contribution in [1.82, 2.24) is 0 Å². The fraction of sp³-hybridized carbons (Fsp3) is 0.0870. The van der Waals surface area contributed by atoms with Gasteiger partial charge in [-0.2, -0.15) is 5.26 Å². The Morgan fingerprint density at radius 1 is 0.846 bits per heavy atom. The fourth-order valence-electron chi connectivity index (χ4n) is 3.38. The van der Waals surface area contributed by atoms with E-state index in [1.165, 1.54) is 17.7 Å². The van der Waals surface area contributed by atoms with Crippen LogP contribution in [0.5, 0.6) is 0 Å². The van der Waals surface area contributed by atoms with E-state index in [0.717, 1.165) is 22.6 Å². The zero-order valence-electron chi connectivity index (χ0n) is 14.2. The zero-order chi connectivity index (χ0) is 18.3. The molecule has 0 atom stereocenters. The second-order valence-corrected chi connectivity index (χ2v) is 6.30. The van der Waals surface area contributed by atoms with E-state index in [-0.39, 0.29) is 11.4 Å². The van der Waals surface area contributed by atoms with Crippen LogP contribution < -0.4 is 0 Å². The van der Waals surface area contributed by atoms with Gasteiger partial charge in [0.25, 0.3) is 0 Å². The minimum atomic E-state index is -0.643. The number of benzene rings is 4. The maximum Gasteiger partial charge on any atom is 0.141 e. The molecule has 0 saturated heterocycles. The second kappa shape index (κ2) is 6.24. The number of nitriles is 1. The highest BCUT2D eigenvalue weighted by Gasteiger charge is 2.13. The van der Waals surface area contributed by atoms with Crippen LogP contribution in [-0.2, 0) is 6.42 Å². The van der Waals surface area contributed by atoms with E-state index < -0.39 is 5.82 Å². The first-order valence-corrected chi connectivity index (χ1v) is 8.46. The molecule has 0 N–H and O–H groups in total. The van der Waals surface area contributed by atoms with Crippen LogP contribution in [0.4, 0.5) is 8.78 Å². The minimum Gasteiger partial charge on any atom is -0.206 e. The smallest absolute Gasteiger partial charge is 0.141 e. The number of halogens is 2. The Morgan fingerprint density at radius 3 is 2.35 bits per heavy atom. The summed E-state index contributed by atoms with van der Waals surface area (Å²) in [5.74, 6) is -1.02. The largest absolute Gasteiger partial charge is 0.206 e. The van der Waals surface area contributed by atoms with Gasteiger partial charge in [0.2, 0.25) is 0 Å². The van der Waals surface area contributed by atoms with E-state index in [2.05, 4.69) is 19.1 Å². The fourth-order valence-corrected chi connectivity index (χ4v) is 3.38. The summed E-state index contributed by atoms with van der Waals surface area (Å²) >= 11 is 0. The predicted octanol–water partition coefficient (Wildman–Crippen LogP) is 6.37. The second-order valence-electron chi connectivity index (χ2n) is 6.30. The Balaban J connectivity index is 1.94. The Morgan fingerprint density at radius 2 is 1.62 bits per heavy atom. The first kappa shape index (κ1) is 16.2. The zero-order valence-corrected chi connectivity index (χ0v) is 14.2. The van der Waals surface area contributed by atoms with Gasteiger partial charge in [0, 0.05) is 10.9 Å². The van der Waals surface area contributed by atoms with Gasteiger partial charge in [-0.05, 0) is 45.8 Å². The molecule has 4 aromatic rings. The van der Waals surface area contributed by atoms with Gasteiger partial charge in [0.15, 0.2) is 0 Å². The summed E-state index contributed by atoms with van der Waals surface area (Å²) in [6.07, 6.45) is 0.950. The minimum absolute atomic E-state index is 0.0485. The summed E-state index contributed by atoms with van der Waals surface area (Å²) in [6.45, 7) is 2.10. The van der Waals surface area contributed by atoms with Crippen LogP contribution in [0.1, 0.15) is 18.1 Å². The third-order valence-corrected chi connectivity index (χ3v) is 4.82. The van der Waals surface area contributed by atoms with Gasteiger partial charge in [-0.1, -0.05) is 55.5 Å². The number of hydrogen-bond donors (Lipinski definition) is 0. The monoisotopic (exact) mass is 343 g/mol. The van der Waals surface area contributed by atoms with Crippen molar-refractivity contribution in [3.63, 3.8) is 0 Å². The molecule has 0 aromatic heterocycles. The highest BCUT2D eigenvalue weighted by molar-refractivity contribution is 6.08. The van der Waals surface area contributed by atoms with Crippen LogP contribution in [0.15, 0.2) is 60.7 Å². The summed E-state index contributed by atoms with van der Waals surface area (Å²) in [6, 6.07) is 19.4. The summed E-state index contributed by atoms with van der Waals surface area (Å²) < 4.78 is 29.1. The molecular weight excluding hydrogens is 328 g/mol. The molecule has 0 aliphatic heterocycles. The van der Waals surface area contributed by atoms with E-state index in [9.17, 15) is 4.39 Å². The lowest BCUT2D eigenvalue weighted by Gasteiger charge is -2.10. The maximum absolute atomic E-state index is 15.2. The van der Waals surface area contributed by atoms with Crippen molar-refractivity contribution in [2.24, 2.45) is 0 Å². The number of hydrogen-bond acceptors (Lipinski definition) is 1. The molecule has 0 amide bonds. The molecule has 0 aliphatic rings. The van der Waals surface area contributed by atoms with Crippen molar-refractivity contribution >= 4 is 21.5 Å². The molecule has 26 heavy (non-hydrogen) atoms. The average molecular weight is 343 g/mol. The summed E-state index contributed by atoms with van der Waals surface area (Å²) in [7, 11) is 0. The Kier molecular flexibility index (Phi) is 3.89. The van der Waals surface area contributed by atoms with Gasteiger partial charge >= 0.3 is 0 Å². The van der Waals surface area contributed by atoms with Crippen LogP contribution in [0.3, 0.4) is 0 Å². The van der Waals surface area contributed by atoms with Crippen LogP contribution in [-0.4, -0.2) is 0 Å². The van der Waals surface area contributed by atoms with Gasteiger partial charge in [-0.3, -0.25) is 0 Å². The SMILES string of the molecule is CCc1ccc2c(ccc3c(F)c(-c4ccc(C#N)c(F)c4)ccc32)c1. The van der Waals surface area contributed by atoms with E-state index in [0.29, 0.717) is 16.5 Å². The van der Waals surface area contributed by atoms with E-state index in [1.54, 1.807) is 24.3 Å². The molecule has 4 rings (SSSR count). The summed E-state index contributed by atoms with van der Waals surface area (Å²) in [4.78, 5) is 0. The normalized spacial score (nSPS) is 11.0. The van der Waals surface area contributed by atoms with Gasteiger partial charge < -0.3 is 0 Å². The highest BCUT2D eigenvalue weighted by atomic mass is 19.1. The van der Waals surface area contributed by atoms with E-state index in [1.807, 2.05) is 18.2 Å². The highest BCUT2D eigenvalue weighted by Crippen LogP contribution is 2.33. The number of nitrogens with zero attached hydrogens (tertiary/aromatic N) is 1. The first-order chi connectivity index (χ1) is 12.6. The predicted molar refractivity (Wildman–Crippen MR) is 101 cm³/mol. The molecular formula is C23H15F2N. The standard InChI is InChI=1S/C23H15F2N/c1-2-14-3-7-18-15(11-14)6-8-21-20(18)10-9-19(23(21)25)16-4-5-17(13-26)22(24)12-16/h3-12H,2H2,1H3. The molecule has 0 bridgehead atoms. The topological polar surface area (TPSA) is 23.8 Å². The summed E-state index contributed by atoms with van der Waals surface area (Å²) in [5.41, 5.74) is 1.93. The van der Waals surface area contributed by atoms with Crippen molar-refractivity contribution in [3.05, 3.63) is 83.4 Å². The molecule has 0 spiro atoms. The molecule has 0 heterocycles. The number of rotatable bonds is 2. The van der Waals surface area contributed by atoms with Gasteiger partial charge in [-0.15, -0.1) is 0 Å². The van der Waals surface area contributed by atoms with Crippen molar-refractivity contribution < 1.29 is 8.78 Å². The molecule has 0 radical (unpaired) electrons. The Labute approximate surface area is 150 Å². The van der Waals surface area contributed by atoms with Crippen molar-refractivity contribution in [1.29, 1.82) is 5.26 Å². The third kappa shape index (κ3) is 2.51.